The van der Waals surface area contributed by atoms with Gasteiger partial charge in [0, 0.05) is 24.1 Å². The lowest BCUT2D eigenvalue weighted by atomic mass is 10.0. The van der Waals surface area contributed by atoms with Crippen molar-refractivity contribution < 1.29 is 23.8 Å². The summed E-state index contributed by atoms with van der Waals surface area (Å²) in [7, 11) is 3.05. The summed E-state index contributed by atoms with van der Waals surface area (Å²) >= 11 is 0. The van der Waals surface area contributed by atoms with Crippen molar-refractivity contribution in [1.29, 1.82) is 0 Å². The number of aromatic nitrogens is 1. The van der Waals surface area contributed by atoms with E-state index in [4.69, 9.17) is 14.2 Å². The van der Waals surface area contributed by atoms with E-state index >= 15 is 0 Å². The van der Waals surface area contributed by atoms with Crippen LogP contribution in [-0.4, -0.2) is 37.1 Å². The van der Waals surface area contributed by atoms with Crippen molar-refractivity contribution in [2.45, 2.75) is 26.5 Å². The Kier molecular flexibility index (Phi) is 8.45. The maximum absolute atomic E-state index is 13.1. The van der Waals surface area contributed by atoms with E-state index in [9.17, 15) is 9.59 Å². The molecule has 0 saturated heterocycles. The Bertz CT molecular complexity index is 1120. The molecule has 1 heterocycles. The minimum atomic E-state index is -0.763. The van der Waals surface area contributed by atoms with Gasteiger partial charge in [-0.05, 0) is 47.9 Å². The molecule has 0 spiro atoms. The van der Waals surface area contributed by atoms with Crippen molar-refractivity contribution in [2.24, 2.45) is 5.92 Å². The van der Waals surface area contributed by atoms with Gasteiger partial charge in [0.2, 0.25) is 5.91 Å². The molecule has 0 radical (unpaired) electrons. The van der Waals surface area contributed by atoms with Gasteiger partial charge in [-0.15, -0.1) is 0 Å². The molecule has 0 bridgehead atoms. The Labute approximate surface area is 199 Å². The van der Waals surface area contributed by atoms with Crippen molar-refractivity contribution in [1.82, 2.24) is 10.3 Å². The minimum absolute atomic E-state index is 0.153. The van der Waals surface area contributed by atoms with Gasteiger partial charge in [-0.1, -0.05) is 26.0 Å². The van der Waals surface area contributed by atoms with Crippen LogP contribution in [-0.2, 0) is 11.4 Å². The van der Waals surface area contributed by atoms with E-state index in [1.54, 1.807) is 62.0 Å². The van der Waals surface area contributed by atoms with Crippen LogP contribution < -0.4 is 24.8 Å². The van der Waals surface area contributed by atoms with Crippen LogP contribution in [0.5, 0.6) is 17.2 Å². The Balaban J connectivity index is 1.73. The first-order valence-electron chi connectivity index (χ1n) is 10.9. The molecule has 0 aliphatic rings. The number of para-hydroxylation sites is 1. The van der Waals surface area contributed by atoms with E-state index in [0.717, 1.165) is 5.56 Å². The molecule has 2 N–H and O–H groups in total. The van der Waals surface area contributed by atoms with Crippen LogP contribution >= 0.6 is 0 Å². The molecule has 8 nitrogen and oxygen atoms in total. The van der Waals surface area contributed by atoms with Gasteiger partial charge in [0.15, 0.2) is 11.5 Å². The molecule has 1 aromatic heterocycles. The molecule has 0 saturated carbocycles. The number of hydrogen-bond acceptors (Lipinski definition) is 6. The summed E-state index contributed by atoms with van der Waals surface area (Å²) in [5, 5.41) is 5.69. The number of pyridine rings is 1. The van der Waals surface area contributed by atoms with Crippen LogP contribution in [0.3, 0.4) is 0 Å². The van der Waals surface area contributed by atoms with Crippen LogP contribution in [0.2, 0.25) is 0 Å². The van der Waals surface area contributed by atoms with Crippen LogP contribution in [0.4, 0.5) is 5.69 Å². The van der Waals surface area contributed by atoms with E-state index < -0.39 is 6.04 Å². The lowest BCUT2D eigenvalue weighted by molar-refractivity contribution is -0.118. The molecule has 0 aliphatic carbocycles. The number of hydrogen-bond donors (Lipinski definition) is 2. The van der Waals surface area contributed by atoms with Gasteiger partial charge in [0.05, 0.1) is 19.8 Å². The summed E-state index contributed by atoms with van der Waals surface area (Å²) in [5.41, 5.74) is 1.83. The Morgan fingerprint density at radius 2 is 1.62 bits per heavy atom. The predicted molar refractivity (Wildman–Crippen MR) is 129 cm³/mol. The first-order valence-corrected chi connectivity index (χ1v) is 10.9. The second kappa shape index (κ2) is 11.7. The highest BCUT2D eigenvalue weighted by Gasteiger charge is 2.26. The van der Waals surface area contributed by atoms with E-state index in [1.165, 1.54) is 7.11 Å². The summed E-state index contributed by atoms with van der Waals surface area (Å²) in [5.74, 6) is 0.576. The number of methoxy groups -OCH3 is 2. The zero-order chi connectivity index (χ0) is 24.5. The maximum Gasteiger partial charge on any atom is 0.255 e. The zero-order valence-corrected chi connectivity index (χ0v) is 19.7. The van der Waals surface area contributed by atoms with E-state index in [1.807, 2.05) is 26.0 Å². The number of carbonyl (C=O) groups is 2. The van der Waals surface area contributed by atoms with Crippen LogP contribution in [0.15, 0.2) is 67.0 Å². The summed E-state index contributed by atoms with van der Waals surface area (Å²) in [6.07, 6.45) is 3.38. The fourth-order valence-electron chi connectivity index (χ4n) is 3.31. The Morgan fingerprint density at radius 3 is 2.29 bits per heavy atom. The van der Waals surface area contributed by atoms with Gasteiger partial charge in [0.25, 0.3) is 5.91 Å². The number of amides is 2. The third-order valence-corrected chi connectivity index (χ3v) is 5.16. The first kappa shape index (κ1) is 24.6. The molecular formula is C26H29N3O5. The molecule has 0 aliphatic heterocycles. The summed E-state index contributed by atoms with van der Waals surface area (Å²) in [6, 6.07) is 14.9. The van der Waals surface area contributed by atoms with Crippen LogP contribution in [0.25, 0.3) is 0 Å². The van der Waals surface area contributed by atoms with Crippen molar-refractivity contribution in [2.75, 3.05) is 19.5 Å². The lowest BCUT2D eigenvalue weighted by Gasteiger charge is -2.22. The van der Waals surface area contributed by atoms with Crippen LogP contribution in [0, 0.1) is 5.92 Å². The maximum atomic E-state index is 13.1. The Hall–Kier alpha value is -4.07. The number of anilines is 1. The topological polar surface area (TPSA) is 98.8 Å². The molecule has 0 fully saturated rings. The molecule has 3 rings (SSSR count). The van der Waals surface area contributed by atoms with E-state index in [0.29, 0.717) is 35.1 Å². The second-order valence-electron chi connectivity index (χ2n) is 7.89. The van der Waals surface area contributed by atoms with Gasteiger partial charge in [0.1, 0.15) is 18.4 Å². The van der Waals surface area contributed by atoms with Crippen molar-refractivity contribution >= 4 is 17.5 Å². The highest BCUT2D eigenvalue weighted by Crippen LogP contribution is 2.31. The third-order valence-electron chi connectivity index (χ3n) is 5.16. The van der Waals surface area contributed by atoms with Gasteiger partial charge in [-0.3, -0.25) is 14.6 Å². The SMILES string of the molecule is COc1ccc(NC(=O)C(NC(=O)c2ccccc2OC)C(C)C)cc1OCc1ccncc1. The summed E-state index contributed by atoms with van der Waals surface area (Å²) in [4.78, 5) is 29.9. The van der Waals surface area contributed by atoms with Crippen molar-refractivity contribution in [3.8, 4) is 17.2 Å². The third kappa shape index (κ3) is 6.25. The average molecular weight is 464 g/mol. The molecule has 8 heteroatoms. The summed E-state index contributed by atoms with van der Waals surface area (Å²) in [6.45, 7) is 4.05. The smallest absolute Gasteiger partial charge is 0.255 e. The monoisotopic (exact) mass is 463 g/mol. The molecule has 3 aromatic rings. The van der Waals surface area contributed by atoms with Gasteiger partial charge in [-0.25, -0.2) is 0 Å². The molecule has 1 atom stereocenters. The normalized spacial score (nSPS) is 11.4. The first-order chi connectivity index (χ1) is 16.4. The fourth-order valence-corrected chi connectivity index (χ4v) is 3.31. The highest BCUT2D eigenvalue weighted by molar-refractivity contribution is 6.02. The number of ether oxygens (including phenoxy) is 3. The second-order valence-corrected chi connectivity index (χ2v) is 7.89. The standard InChI is InChI=1S/C26H29N3O5/c1-17(2)24(29-25(30)20-7-5-6-8-21(20)32-3)26(31)28-19-9-10-22(33-4)23(15-19)34-16-18-11-13-27-14-12-18/h5-15,17,24H,16H2,1-4H3,(H,28,31)(H,29,30). The van der Waals surface area contributed by atoms with Crippen molar-refractivity contribution in [3.05, 3.63) is 78.1 Å². The number of benzene rings is 2. The minimum Gasteiger partial charge on any atom is -0.496 e. The lowest BCUT2D eigenvalue weighted by Crippen LogP contribution is -2.47. The molecular weight excluding hydrogens is 434 g/mol. The number of nitrogens with one attached hydrogen (secondary N) is 2. The van der Waals surface area contributed by atoms with Gasteiger partial charge in [-0.2, -0.15) is 0 Å². The van der Waals surface area contributed by atoms with Crippen molar-refractivity contribution in [3.63, 3.8) is 0 Å². The fraction of sp³-hybridized carbons (Fsp3) is 0.269. The molecule has 34 heavy (non-hydrogen) atoms. The number of nitrogens with zero attached hydrogens (tertiary/aromatic N) is 1. The molecule has 1 unspecified atom stereocenters. The van der Waals surface area contributed by atoms with Crippen LogP contribution in [0.1, 0.15) is 29.8 Å². The molecule has 178 valence electrons. The Morgan fingerprint density at radius 1 is 0.912 bits per heavy atom. The number of carbonyl (C=O) groups excluding carboxylic acids is 2. The van der Waals surface area contributed by atoms with Gasteiger partial charge >= 0.3 is 0 Å². The zero-order valence-electron chi connectivity index (χ0n) is 19.7. The van der Waals surface area contributed by atoms with E-state index in [-0.39, 0.29) is 17.7 Å². The average Bonchev–Trinajstić information content (AvgIpc) is 2.86. The number of rotatable bonds is 10. The van der Waals surface area contributed by atoms with Gasteiger partial charge < -0.3 is 24.8 Å². The molecule has 2 aromatic carbocycles. The summed E-state index contributed by atoms with van der Waals surface area (Å²) < 4.78 is 16.6. The van der Waals surface area contributed by atoms with E-state index in [2.05, 4.69) is 15.6 Å². The predicted octanol–water partition coefficient (Wildman–Crippen LogP) is 4.07. The molecule has 2 amide bonds. The quantitative estimate of drug-likeness (QED) is 0.470. The largest absolute Gasteiger partial charge is 0.496 e. The highest BCUT2D eigenvalue weighted by atomic mass is 16.5.